The minimum Gasteiger partial charge on any atom is -0.406 e. The minimum atomic E-state index is -4.90. The van der Waals surface area contributed by atoms with E-state index in [9.17, 15) is 31.1 Å². The predicted octanol–water partition coefficient (Wildman–Crippen LogP) is 4.48. The molecular weight excluding hydrogens is 328 g/mol. The van der Waals surface area contributed by atoms with Gasteiger partial charge in [0.15, 0.2) is 6.29 Å². The molecule has 23 heavy (non-hydrogen) atoms. The summed E-state index contributed by atoms with van der Waals surface area (Å²) in [7, 11) is 0. The molecule has 3 nitrogen and oxygen atoms in total. The Morgan fingerprint density at radius 2 is 1.74 bits per heavy atom. The molecule has 0 aliphatic rings. The number of hydrogen-bond donors (Lipinski definition) is 0. The summed E-state index contributed by atoms with van der Waals surface area (Å²) < 4.78 is 78.3. The first-order valence-corrected chi connectivity index (χ1v) is 5.99. The van der Waals surface area contributed by atoms with Crippen molar-refractivity contribution in [2.24, 2.45) is 0 Å². The first-order chi connectivity index (χ1) is 10.6. The third-order valence-corrected chi connectivity index (χ3v) is 2.73. The lowest BCUT2D eigenvalue weighted by Gasteiger charge is -2.12. The fraction of sp³-hybridized carbons (Fsp3) is 0.143. The number of benzene rings is 1. The van der Waals surface area contributed by atoms with Gasteiger partial charge in [-0.15, -0.1) is 13.2 Å². The molecule has 0 radical (unpaired) electrons. The maximum absolute atomic E-state index is 12.7. The quantitative estimate of drug-likeness (QED) is 0.613. The highest BCUT2D eigenvalue weighted by atomic mass is 19.4. The van der Waals surface area contributed by atoms with E-state index < -0.39 is 29.4 Å². The van der Waals surface area contributed by atoms with Crippen LogP contribution in [0.3, 0.4) is 0 Å². The van der Waals surface area contributed by atoms with Crippen LogP contribution >= 0.6 is 0 Å². The lowest BCUT2D eigenvalue weighted by atomic mass is 10.1. The zero-order valence-electron chi connectivity index (χ0n) is 11.1. The Bertz CT molecular complexity index is 724. The molecule has 0 unspecified atom stereocenters. The molecule has 0 spiro atoms. The summed E-state index contributed by atoms with van der Waals surface area (Å²) >= 11 is 0. The first-order valence-electron chi connectivity index (χ1n) is 5.99. The van der Waals surface area contributed by atoms with Gasteiger partial charge in [-0.1, -0.05) is 12.1 Å². The van der Waals surface area contributed by atoms with Gasteiger partial charge in [-0.3, -0.25) is 9.78 Å². The van der Waals surface area contributed by atoms with Gasteiger partial charge >= 0.3 is 12.5 Å². The summed E-state index contributed by atoms with van der Waals surface area (Å²) in [6, 6.07) is 5.38. The standard InChI is InChI=1S/C14H7F6NO2/c15-13(16,17)11-6-21-12(5-9(11)7-22)8-2-1-3-10(4-8)23-14(18,19)20/h1-7H. The van der Waals surface area contributed by atoms with Crippen LogP contribution in [0.15, 0.2) is 36.5 Å². The van der Waals surface area contributed by atoms with Gasteiger partial charge in [-0.2, -0.15) is 13.2 Å². The van der Waals surface area contributed by atoms with E-state index in [4.69, 9.17) is 0 Å². The topological polar surface area (TPSA) is 39.2 Å². The van der Waals surface area contributed by atoms with Crippen molar-refractivity contribution in [3.05, 3.63) is 47.7 Å². The largest absolute Gasteiger partial charge is 0.573 e. The number of halogens is 6. The van der Waals surface area contributed by atoms with Crippen LogP contribution in [0, 0.1) is 0 Å². The number of pyridine rings is 1. The summed E-state index contributed by atoms with van der Waals surface area (Å²) in [5.41, 5.74) is -1.90. The Hall–Kier alpha value is -2.58. The molecule has 0 saturated carbocycles. The first kappa shape index (κ1) is 16.8. The molecule has 0 saturated heterocycles. The van der Waals surface area contributed by atoms with E-state index in [-0.39, 0.29) is 17.5 Å². The van der Waals surface area contributed by atoms with Crippen LogP contribution in [-0.2, 0) is 6.18 Å². The predicted molar refractivity (Wildman–Crippen MR) is 66.7 cm³/mol. The van der Waals surface area contributed by atoms with E-state index in [1.54, 1.807) is 0 Å². The van der Waals surface area contributed by atoms with Crippen molar-refractivity contribution in [3.8, 4) is 17.0 Å². The Kier molecular flexibility index (Phi) is 4.31. The number of aldehydes is 1. The second-order valence-corrected chi connectivity index (χ2v) is 4.35. The van der Waals surface area contributed by atoms with Gasteiger partial charge in [0.2, 0.25) is 0 Å². The van der Waals surface area contributed by atoms with E-state index >= 15 is 0 Å². The Morgan fingerprint density at radius 1 is 1.04 bits per heavy atom. The van der Waals surface area contributed by atoms with E-state index in [0.717, 1.165) is 18.2 Å². The number of alkyl halides is 6. The zero-order valence-corrected chi connectivity index (χ0v) is 11.1. The average Bonchev–Trinajstić information content (AvgIpc) is 2.44. The summed E-state index contributed by atoms with van der Waals surface area (Å²) in [5, 5.41) is 0. The number of rotatable bonds is 3. The summed E-state index contributed by atoms with van der Waals surface area (Å²) in [4.78, 5) is 14.4. The lowest BCUT2D eigenvalue weighted by molar-refractivity contribution is -0.274. The molecule has 0 amide bonds. The Labute approximate surface area is 125 Å². The summed E-state index contributed by atoms with van der Waals surface area (Å²) in [6.45, 7) is 0. The van der Waals surface area contributed by atoms with Crippen LogP contribution in [0.5, 0.6) is 5.75 Å². The Balaban J connectivity index is 2.43. The number of aromatic nitrogens is 1. The van der Waals surface area contributed by atoms with Gasteiger partial charge in [0, 0.05) is 17.3 Å². The lowest BCUT2D eigenvalue weighted by Crippen LogP contribution is -2.17. The van der Waals surface area contributed by atoms with Gasteiger partial charge in [0.1, 0.15) is 5.75 Å². The van der Waals surface area contributed by atoms with E-state index in [1.807, 2.05) is 0 Å². The molecule has 1 heterocycles. The highest BCUT2D eigenvalue weighted by molar-refractivity contribution is 5.80. The summed E-state index contributed by atoms with van der Waals surface area (Å²) in [6.07, 6.45) is -9.20. The molecule has 0 fully saturated rings. The van der Waals surface area contributed by atoms with Crippen molar-refractivity contribution in [2.75, 3.05) is 0 Å². The van der Waals surface area contributed by atoms with Gasteiger partial charge in [-0.25, -0.2) is 0 Å². The van der Waals surface area contributed by atoms with E-state index in [1.165, 1.54) is 12.1 Å². The van der Waals surface area contributed by atoms with Crippen molar-refractivity contribution >= 4 is 6.29 Å². The second-order valence-electron chi connectivity index (χ2n) is 4.35. The third-order valence-electron chi connectivity index (χ3n) is 2.73. The van der Waals surface area contributed by atoms with Crippen LogP contribution in [-0.4, -0.2) is 17.6 Å². The van der Waals surface area contributed by atoms with E-state index in [2.05, 4.69) is 9.72 Å². The number of carbonyl (C=O) groups is 1. The molecule has 2 rings (SSSR count). The van der Waals surface area contributed by atoms with Crippen LogP contribution in [0.1, 0.15) is 15.9 Å². The molecule has 1 aromatic carbocycles. The normalized spacial score (nSPS) is 12.1. The maximum atomic E-state index is 12.7. The van der Waals surface area contributed by atoms with Crippen molar-refractivity contribution < 1.29 is 35.9 Å². The van der Waals surface area contributed by atoms with Crippen LogP contribution in [0.25, 0.3) is 11.3 Å². The molecule has 1 aromatic heterocycles. The fourth-order valence-electron chi connectivity index (χ4n) is 1.82. The number of hydrogen-bond acceptors (Lipinski definition) is 3. The van der Waals surface area contributed by atoms with Gasteiger partial charge in [0.25, 0.3) is 0 Å². The average molecular weight is 335 g/mol. The van der Waals surface area contributed by atoms with Gasteiger partial charge < -0.3 is 4.74 Å². The molecule has 0 N–H and O–H groups in total. The highest BCUT2D eigenvalue weighted by Gasteiger charge is 2.34. The molecular formula is C14H7F6NO2. The van der Waals surface area contributed by atoms with Crippen LogP contribution < -0.4 is 4.74 Å². The van der Waals surface area contributed by atoms with Crippen molar-refractivity contribution in [2.45, 2.75) is 12.5 Å². The number of nitrogens with zero attached hydrogens (tertiary/aromatic N) is 1. The molecule has 0 bridgehead atoms. The smallest absolute Gasteiger partial charge is 0.406 e. The zero-order chi connectivity index (χ0) is 17.3. The highest BCUT2D eigenvalue weighted by Crippen LogP contribution is 2.33. The minimum absolute atomic E-state index is 0.00404. The van der Waals surface area contributed by atoms with E-state index in [0.29, 0.717) is 6.20 Å². The molecule has 9 heteroatoms. The number of ether oxygens (including phenoxy) is 1. The molecule has 0 aliphatic heterocycles. The maximum Gasteiger partial charge on any atom is 0.573 e. The SMILES string of the molecule is O=Cc1cc(-c2cccc(OC(F)(F)F)c2)ncc1C(F)(F)F. The molecule has 0 aliphatic carbocycles. The van der Waals surface area contributed by atoms with Gasteiger partial charge in [-0.05, 0) is 18.2 Å². The van der Waals surface area contributed by atoms with Crippen molar-refractivity contribution in [3.63, 3.8) is 0 Å². The fourth-order valence-corrected chi connectivity index (χ4v) is 1.82. The third kappa shape index (κ3) is 4.21. The van der Waals surface area contributed by atoms with Crippen LogP contribution in [0.2, 0.25) is 0 Å². The van der Waals surface area contributed by atoms with Crippen molar-refractivity contribution in [1.82, 2.24) is 4.98 Å². The Morgan fingerprint density at radius 3 is 2.30 bits per heavy atom. The monoisotopic (exact) mass is 335 g/mol. The molecule has 2 aromatic rings. The van der Waals surface area contributed by atoms with Crippen molar-refractivity contribution in [1.29, 1.82) is 0 Å². The summed E-state index contributed by atoms with van der Waals surface area (Å²) in [5.74, 6) is -0.552. The molecule has 0 atom stereocenters. The van der Waals surface area contributed by atoms with Crippen LogP contribution in [0.4, 0.5) is 26.3 Å². The second kappa shape index (κ2) is 5.90. The number of carbonyl (C=O) groups excluding carboxylic acids is 1. The molecule has 122 valence electrons. The van der Waals surface area contributed by atoms with Gasteiger partial charge in [0.05, 0.1) is 11.3 Å².